The second-order valence-electron chi connectivity index (χ2n) is 9.06. The highest BCUT2D eigenvalue weighted by Gasteiger charge is 2.44. The molecule has 4 heterocycles. The van der Waals surface area contributed by atoms with Gasteiger partial charge in [0.05, 0.1) is 25.2 Å². The van der Waals surface area contributed by atoms with Gasteiger partial charge in [0.25, 0.3) is 5.92 Å². The highest BCUT2D eigenvalue weighted by molar-refractivity contribution is 7.15. The average Bonchev–Trinajstić information content (AvgIpc) is 3.47. The number of amides is 2. The predicted molar refractivity (Wildman–Crippen MR) is 132 cm³/mol. The van der Waals surface area contributed by atoms with E-state index in [4.69, 9.17) is 0 Å². The van der Waals surface area contributed by atoms with Gasteiger partial charge in [-0.15, -0.1) is 20.4 Å². The van der Waals surface area contributed by atoms with Gasteiger partial charge in [-0.05, 0) is 31.4 Å². The summed E-state index contributed by atoms with van der Waals surface area (Å²) in [4.78, 5) is 29.6. The van der Waals surface area contributed by atoms with E-state index in [0.717, 1.165) is 35.7 Å². The van der Waals surface area contributed by atoms with Crippen LogP contribution in [0.2, 0.25) is 0 Å². The summed E-state index contributed by atoms with van der Waals surface area (Å²) in [5, 5.41) is 24.9. The second-order valence-corrected chi connectivity index (χ2v) is 11.1. The van der Waals surface area contributed by atoms with E-state index in [1.165, 1.54) is 34.5 Å². The van der Waals surface area contributed by atoms with Crippen molar-refractivity contribution < 1.29 is 18.4 Å². The number of hydrogen-bond acceptors (Lipinski definition) is 10. The van der Waals surface area contributed by atoms with Crippen molar-refractivity contribution in [3.63, 3.8) is 0 Å². The Morgan fingerprint density at radius 3 is 2.28 bits per heavy atom. The normalized spacial score (nSPS) is 21.0. The van der Waals surface area contributed by atoms with Gasteiger partial charge in [0, 0.05) is 18.8 Å². The van der Waals surface area contributed by atoms with E-state index in [0.29, 0.717) is 21.8 Å². The Labute approximate surface area is 213 Å². The van der Waals surface area contributed by atoms with Crippen LogP contribution < -0.4 is 15.5 Å². The molecule has 2 N–H and O–H groups in total. The van der Waals surface area contributed by atoms with Crippen molar-refractivity contribution in [1.82, 2.24) is 25.4 Å². The minimum Gasteiger partial charge on any atom is -0.344 e. The van der Waals surface area contributed by atoms with Gasteiger partial charge in [0.2, 0.25) is 22.1 Å². The topological polar surface area (TPSA) is 126 Å². The van der Waals surface area contributed by atoms with Crippen LogP contribution in [0.1, 0.15) is 60.2 Å². The van der Waals surface area contributed by atoms with E-state index in [9.17, 15) is 18.4 Å². The van der Waals surface area contributed by atoms with E-state index in [2.05, 4.69) is 36.0 Å². The molecule has 0 aromatic carbocycles. The molecule has 0 bridgehead atoms. The molecular formula is C22H24F2N8O2S2. The van der Waals surface area contributed by atoms with Gasteiger partial charge in [-0.3, -0.25) is 9.59 Å². The van der Waals surface area contributed by atoms with Crippen molar-refractivity contribution in [2.45, 2.75) is 56.8 Å². The molecule has 2 atom stereocenters. The first-order chi connectivity index (χ1) is 17.2. The molecule has 2 fully saturated rings. The van der Waals surface area contributed by atoms with Crippen molar-refractivity contribution in [2.75, 3.05) is 28.6 Å². The Bertz CT molecular complexity index is 1260. The molecule has 3 aromatic heterocycles. The first-order valence-electron chi connectivity index (χ1n) is 11.6. The van der Waals surface area contributed by atoms with Crippen molar-refractivity contribution in [3.05, 3.63) is 33.9 Å². The van der Waals surface area contributed by atoms with Crippen LogP contribution in [0.3, 0.4) is 0 Å². The van der Waals surface area contributed by atoms with E-state index in [1.807, 2.05) is 0 Å². The summed E-state index contributed by atoms with van der Waals surface area (Å²) in [5.41, 5.74) is 0.496. The standard InChI is InChI=1S/C22H24F2N8O2S2/c1-12(33)25-20-30-28-18(35-20)13-4-2-5-14(8-13)19-29-31-21(36-19)27-17(34)9-15-6-3-7-16(26-15)32-10-22(23,24)11-32/h3,6-7,13-14H,2,4-5,8-11H2,1H3,(H,25,30,33)(H,27,31,34)/t13-,14-/m0/s1. The SMILES string of the molecule is CC(=O)Nc1nnc([C@H]2CCC[C@H](c3nnc(NC(=O)Cc4cccc(N5CC(F)(F)C5)n4)s3)C2)s1. The summed E-state index contributed by atoms with van der Waals surface area (Å²) < 4.78 is 26.3. The molecule has 2 amide bonds. The fourth-order valence-electron chi connectivity index (χ4n) is 4.43. The Hall–Kier alpha value is -3.13. The molecule has 1 saturated carbocycles. The monoisotopic (exact) mass is 534 g/mol. The molecule has 0 spiro atoms. The summed E-state index contributed by atoms with van der Waals surface area (Å²) in [6, 6.07) is 5.06. The van der Waals surface area contributed by atoms with Crippen molar-refractivity contribution in [3.8, 4) is 0 Å². The van der Waals surface area contributed by atoms with Crippen molar-refractivity contribution in [1.29, 1.82) is 0 Å². The van der Waals surface area contributed by atoms with E-state index in [1.54, 1.807) is 18.2 Å². The zero-order valence-electron chi connectivity index (χ0n) is 19.4. The summed E-state index contributed by atoms with van der Waals surface area (Å²) in [7, 11) is 0. The number of carbonyl (C=O) groups is 2. The smallest absolute Gasteiger partial charge is 0.282 e. The molecule has 10 nitrogen and oxygen atoms in total. The maximum absolute atomic E-state index is 13.1. The first kappa shape index (κ1) is 24.6. The molecule has 14 heteroatoms. The van der Waals surface area contributed by atoms with Crippen LogP contribution in [0.15, 0.2) is 18.2 Å². The van der Waals surface area contributed by atoms with Crippen LogP contribution in [0.25, 0.3) is 0 Å². The third-order valence-corrected chi connectivity index (χ3v) is 8.09. The molecule has 1 saturated heterocycles. The van der Waals surface area contributed by atoms with Crippen LogP contribution in [-0.2, 0) is 16.0 Å². The van der Waals surface area contributed by atoms with Gasteiger partial charge in [0.1, 0.15) is 15.8 Å². The Morgan fingerprint density at radius 2 is 1.67 bits per heavy atom. The molecule has 1 aliphatic heterocycles. The average molecular weight is 535 g/mol. The number of anilines is 3. The molecule has 0 radical (unpaired) electrons. The summed E-state index contributed by atoms with van der Waals surface area (Å²) >= 11 is 2.75. The quantitative estimate of drug-likeness (QED) is 0.469. The lowest BCUT2D eigenvalue weighted by Crippen LogP contribution is -2.56. The van der Waals surface area contributed by atoms with Gasteiger partial charge in [-0.25, -0.2) is 13.8 Å². The number of halogens is 2. The number of nitrogens with one attached hydrogen (secondary N) is 2. The summed E-state index contributed by atoms with van der Waals surface area (Å²) in [6.45, 7) is 0.718. The maximum Gasteiger partial charge on any atom is 0.282 e. The highest BCUT2D eigenvalue weighted by atomic mass is 32.1. The number of aromatic nitrogens is 5. The summed E-state index contributed by atoms with van der Waals surface area (Å²) in [6.07, 6.45) is 3.84. The van der Waals surface area contributed by atoms with Crippen LogP contribution >= 0.6 is 22.7 Å². The van der Waals surface area contributed by atoms with E-state index < -0.39 is 5.92 Å². The Kier molecular flexibility index (Phi) is 6.88. The van der Waals surface area contributed by atoms with Gasteiger partial charge in [-0.2, -0.15) is 0 Å². The van der Waals surface area contributed by atoms with Gasteiger partial charge in [-0.1, -0.05) is 35.2 Å². The molecule has 2 aliphatic rings. The first-order valence-corrected chi connectivity index (χ1v) is 13.2. The van der Waals surface area contributed by atoms with Crippen LogP contribution in [0.4, 0.5) is 24.9 Å². The number of alkyl halides is 2. The Morgan fingerprint density at radius 1 is 1.03 bits per heavy atom. The zero-order valence-corrected chi connectivity index (χ0v) is 21.0. The fraction of sp³-hybridized carbons (Fsp3) is 0.500. The third-order valence-electron chi connectivity index (χ3n) is 6.09. The molecule has 0 unspecified atom stereocenters. The third kappa shape index (κ3) is 5.81. The van der Waals surface area contributed by atoms with E-state index >= 15 is 0 Å². The van der Waals surface area contributed by atoms with E-state index in [-0.39, 0.29) is 43.2 Å². The molecule has 3 aromatic rings. The summed E-state index contributed by atoms with van der Waals surface area (Å²) in [5.74, 6) is -2.28. The zero-order chi connectivity index (χ0) is 25.3. The molecule has 36 heavy (non-hydrogen) atoms. The molecular weight excluding hydrogens is 510 g/mol. The van der Waals surface area contributed by atoms with Crippen LogP contribution in [0.5, 0.6) is 0 Å². The molecule has 1 aliphatic carbocycles. The lowest BCUT2D eigenvalue weighted by Gasteiger charge is -2.39. The largest absolute Gasteiger partial charge is 0.344 e. The number of hydrogen-bond donors (Lipinski definition) is 2. The number of carbonyl (C=O) groups excluding carboxylic acids is 2. The number of nitrogens with zero attached hydrogens (tertiary/aromatic N) is 6. The lowest BCUT2D eigenvalue weighted by atomic mass is 9.82. The maximum atomic E-state index is 13.1. The second kappa shape index (κ2) is 10.1. The fourth-order valence-corrected chi connectivity index (χ4v) is 6.28. The van der Waals surface area contributed by atoms with Gasteiger partial charge >= 0.3 is 0 Å². The predicted octanol–water partition coefficient (Wildman–Crippen LogP) is 3.82. The Balaban J connectivity index is 1.16. The van der Waals surface area contributed by atoms with Gasteiger partial charge < -0.3 is 15.5 Å². The number of pyridine rings is 1. The molecule has 190 valence electrons. The van der Waals surface area contributed by atoms with Crippen molar-refractivity contribution in [2.24, 2.45) is 0 Å². The van der Waals surface area contributed by atoms with Crippen LogP contribution in [-0.4, -0.2) is 56.2 Å². The van der Waals surface area contributed by atoms with Crippen LogP contribution in [0, 0.1) is 0 Å². The number of rotatable bonds is 7. The minimum atomic E-state index is -2.68. The molecule has 5 rings (SSSR count). The van der Waals surface area contributed by atoms with Crippen molar-refractivity contribution >= 4 is 50.6 Å². The highest BCUT2D eigenvalue weighted by Crippen LogP contribution is 2.43. The van der Waals surface area contributed by atoms with Gasteiger partial charge in [0.15, 0.2) is 0 Å². The lowest BCUT2D eigenvalue weighted by molar-refractivity contribution is -0.116. The minimum absolute atomic E-state index is 0.00612.